The molecule has 4 heteroatoms. The van der Waals surface area contributed by atoms with Crippen LogP contribution in [0.1, 0.15) is 19.8 Å². The molecular formula is C7H12O4. The number of aliphatic hydroxyl groups is 1. The van der Waals surface area contributed by atoms with E-state index >= 15 is 0 Å². The number of esters is 1. The minimum Gasteiger partial charge on any atom is -0.465 e. The Hall–Kier alpha value is -0.900. The van der Waals surface area contributed by atoms with Crippen molar-refractivity contribution < 1.29 is 19.4 Å². The molecule has 0 radical (unpaired) electrons. The number of carbonyl (C=O) groups excluding carboxylic acids is 2. The number of carbonyl (C=O) groups is 2. The summed E-state index contributed by atoms with van der Waals surface area (Å²) in [5.74, 6) is -0.476. The molecule has 0 rings (SSSR count). The third-order valence-electron chi connectivity index (χ3n) is 1.03. The average Bonchev–Trinajstić information content (AvgIpc) is 1.87. The first-order valence-corrected chi connectivity index (χ1v) is 3.42. The van der Waals surface area contributed by atoms with Gasteiger partial charge in [-0.2, -0.15) is 0 Å². The summed E-state index contributed by atoms with van der Waals surface area (Å²) >= 11 is 0. The van der Waals surface area contributed by atoms with E-state index in [4.69, 9.17) is 5.11 Å². The van der Waals surface area contributed by atoms with Crippen molar-refractivity contribution >= 4 is 11.8 Å². The Balaban J connectivity index is 3.24. The lowest BCUT2D eigenvalue weighted by atomic mass is 10.3. The van der Waals surface area contributed by atoms with Crippen LogP contribution in [0.25, 0.3) is 0 Å². The average molecular weight is 160 g/mol. The van der Waals surface area contributed by atoms with E-state index in [9.17, 15) is 9.59 Å². The second-order valence-corrected chi connectivity index (χ2v) is 2.15. The van der Waals surface area contributed by atoms with E-state index in [1.807, 2.05) is 0 Å². The summed E-state index contributed by atoms with van der Waals surface area (Å²) in [5.41, 5.74) is 0. The highest BCUT2D eigenvalue weighted by Gasteiger charge is 2.01. The summed E-state index contributed by atoms with van der Waals surface area (Å²) in [4.78, 5) is 20.9. The highest BCUT2D eigenvalue weighted by atomic mass is 16.5. The number of hydrogen-bond donors (Lipinski definition) is 1. The number of aliphatic hydroxyl groups excluding tert-OH is 1. The largest absolute Gasteiger partial charge is 0.465 e. The SMILES string of the molecule is CC(=O)CCOC(=O)CCO. The molecule has 0 heterocycles. The van der Waals surface area contributed by atoms with Gasteiger partial charge in [-0.05, 0) is 6.92 Å². The zero-order chi connectivity index (χ0) is 8.69. The Labute approximate surface area is 65.2 Å². The summed E-state index contributed by atoms with van der Waals surface area (Å²) in [6.45, 7) is 1.34. The summed E-state index contributed by atoms with van der Waals surface area (Å²) < 4.78 is 4.57. The molecule has 0 aliphatic heterocycles. The second-order valence-electron chi connectivity index (χ2n) is 2.15. The fraction of sp³-hybridized carbons (Fsp3) is 0.714. The fourth-order valence-corrected chi connectivity index (χ4v) is 0.472. The van der Waals surface area contributed by atoms with Crippen LogP contribution in [-0.4, -0.2) is 30.1 Å². The van der Waals surface area contributed by atoms with Crippen LogP contribution in [0.5, 0.6) is 0 Å². The van der Waals surface area contributed by atoms with Crippen molar-refractivity contribution in [3.63, 3.8) is 0 Å². The fourth-order valence-electron chi connectivity index (χ4n) is 0.472. The first-order valence-electron chi connectivity index (χ1n) is 3.42. The Morgan fingerprint density at radius 3 is 2.45 bits per heavy atom. The normalized spacial score (nSPS) is 9.27. The molecular weight excluding hydrogens is 148 g/mol. The van der Waals surface area contributed by atoms with Crippen LogP contribution in [0, 0.1) is 0 Å². The molecule has 0 aliphatic rings. The maximum atomic E-state index is 10.5. The molecule has 0 saturated carbocycles. The van der Waals surface area contributed by atoms with Gasteiger partial charge in [0.25, 0.3) is 0 Å². The van der Waals surface area contributed by atoms with E-state index in [0.29, 0.717) is 0 Å². The van der Waals surface area contributed by atoms with E-state index < -0.39 is 5.97 Å². The van der Waals surface area contributed by atoms with Crippen molar-refractivity contribution in [2.24, 2.45) is 0 Å². The number of Topliss-reactive ketones (excluding diaryl/α,β-unsaturated/α-hetero) is 1. The molecule has 4 nitrogen and oxygen atoms in total. The van der Waals surface area contributed by atoms with Crippen molar-refractivity contribution in [2.75, 3.05) is 13.2 Å². The Bertz CT molecular complexity index is 141. The molecule has 11 heavy (non-hydrogen) atoms. The monoisotopic (exact) mass is 160 g/mol. The van der Waals surface area contributed by atoms with Gasteiger partial charge in [0, 0.05) is 6.42 Å². The number of rotatable bonds is 5. The zero-order valence-corrected chi connectivity index (χ0v) is 6.50. The minimum absolute atomic E-state index is 0.00208. The minimum atomic E-state index is -0.464. The number of ketones is 1. The third-order valence-corrected chi connectivity index (χ3v) is 1.03. The van der Waals surface area contributed by atoms with Crippen molar-refractivity contribution in [1.29, 1.82) is 0 Å². The Morgan fingerprint density at radius 2 is 2.00 bits per heavy atom. The smallest absolute Gasteiger partial charge is 0.308 e. The number of ether oxygens (including phenoxy) is 1. The van der Waals surface area contributed by atoms with Crippen LogP contribution in [0.3, 0.4) is 0 Å². The molecule has 0 aliphatic carbocycles. The topological polar surface area (TPSA) is 63.6 Å². The van der Waals surface area contributed by atoms with Gasteiger partial charge >= 0.3 is 5.97 Å². The van der Waals surface area contributed by atoms with Crippen LogP contribution >= 0.6 is 0 Å². The van der Waals surface area contributed by atoms with E-state index in [1.165, 1.54) is 6.92 Å². The van der Waals surface area contributed by atoms with Crippen molar-refractivity contribution in [2.45, 2.75) is 19.8 Å². The van der Waals surface area contributed by atoms with Crippen molar-refractivity contribution in [1.82, 2.24) is 0 Å². The van der Waals surface area contributed by atoms with Gasteiger partial charge in [0.1, 0.15) is 5.78 Å². The molecule has 0 aromatic carbocycles. The standard InChI is InChI=1S/C7H12O4/c1-6(9)3-5-11-7(10)2-4-8/h8H,2-5H2,1H3. The Morgan fingerprint density at radius 1 is 1.36 bits per heavy atom. The quantitative estimate of drug-likeness (QED) is 0.570. The molecule has 0 bridgehead atoms. The van der Waals surface area contributed by atoms with Gasteiger partial charge in [-0.1, -0.05) is 0 Å². The van der Waals surface area contributed by atoms with Gasteiger partial charge in [-0.3, -0.25) is 9.59 Å². The van der Waals surface area contributed by atoms with Crippen LogP contribution in [0.15, 0.2) is 0 Å². The maximum absolute atomic E-state index is 10.5. The summed E-state index contributed by atoms with van der Waals surface area (Å²) in [6.07, 6.45) is 0.245. The molecule has 0 spiro atoms. The van der Waals surface area contributed by atoms with Crippen LogP contribution in [0.2, 0.25) is 0 Å². The molecule has 0 aromatic rings. The lowest BCUT2D eigenvalue weighted by Gasteiger charge is -2.00. The van der Waals surface area contributed by atoms with E-state index in [2.05, 4.69) is 4.74 Å². The highest BCUT2D eigenvalue weighted by molar-refractivity contribution is 5.76. The molecule has 0 unspecified atom stereocenters. The van der Waals surface area contributed by atoms with Gasteiger partial charge in [-0.15, -0.1) is 0 Å². The van der Waals surface area contributed by atoms with Gasteiger partial charge < -0.3 is 9.84 Å². The van der Waals surface area contributed by atoms with Gasteiger partial charge in [-0.25, -0.2) is 0 Å². The van der Waals surface area contributed by atoms with Gasteiger partial charge in [0.2, 0.25) is 0 Å². The third kappa shape index (κ3) is 6.99. The highest BCUT2D eigenvalue weighted by Crippen LogP contribution is 1.88. The van der Waals surface area contributed by atoms with E-state index in [0.717, 1.165) is 0 Å². The van der Waals surface area contributed by atoms with Gasteiger partial charge in [0.15, 0.2) is 0 Å². The predicted molar refractivity (Wildman–Crippen MR) is 38.0 cm³/mol. The van der Waals surface area contributed by atoms with Crippen molar-refractivity contribution in [3.05, 3.63) is 0 Å². The molecule has 0 aromatic heterocycles. The molecule has 1 N–H and O–H groups in total. The number of hydrogen-bond acceptors (Lipinski definition) is 4. The second kappa shape index (κ2) is 5.85. The first-order chi connectivity index (χ1) is 5.16. The van der Waals surface area contributed by atoms with Crippen LogP contribution in [0.4, 0.5) is 0 Å². The predicted octanol–water partition coefficient (Wildman–Crippen LogP) is -0.109. The molecule has 0 amide bonds. The molecule has 64 valence electrons. The Kier molecular flexibility index (Phi) is 5.37. The maximum Gasteiger partial charge on any atom is 0.308 e. The summed E-state index contributed by atoms with van der Waals surface area (Å²) in [5, 5.41) is 8.28. The van der Waals surface area contributed by atoms with E-state index in [-0.39, 0.29) is 31.8 Å². The van der Waals surface area contributed by atoms with Crippen LogP contribution in [-0.2, 0) is 14.3 Å². The lowest BCUT2D eigenvalue weighted by molar-refractivity contribution is -0.144. The molecule has 0 atom stereocenters. The first kappa shape index (κ1) is 10.1. The summed E-state index contributed by atoms with van der Waals surface area (Å²) in [7, 11) is 0. The summed E-state index contributed by atoms with van der Waals surface area (Å²) in [6, 6.07) is 0. The van der Waals surface area contributed by atoms with E-state index in [1.54, 1.807) is 0 Å². The zero-order valence-electron chi connectivity index (χ0n) is 6.50. The van der Waals surface area contributed by atoms with Gasteiger partial charge in [0.05, 0.1) is 19.6 Å². The van der Waals surface area contributed by atoms with Crippen molar-refractivity contribution in [3.8, 4) is 0 Å². The molecule has 0 saturated heterocycles. The van der Waals surface area contributed by atoms with Crippen LogP contribution < -0.4 is 0 Å². The lowest BCUT2D eigenvalue weighted by Crippen LogP contribution is -2.09. The molecule has 0 fully saturated rings.